The molecule has 0 aromatic heterocycles. The Morgan fingerprint density at radius 3 is 2.95 bits per heavy atom. The summed E-state index contributed by atoms with van der Waals surface area (Å²) in [6, 6.07) is 8.17. The van der Waals surface area contributed by atoms with Crippen LogP contribution in [0.2, 0.25) is 0 Å². The highest BCUT2D eigenvalue weighted by molar-refractivity contribution is 5.31. The molecule has 20 heavy (non-hydrogen) atoms. The monoisotopic (exact) mass is 277 g/mol. The van der Waals surface area contributed by atoms with Crippen molar-refractivity contribution in [2.45, 2.75) is 63.3 Å². The summed E-state index contributed by atoms with van der Waals surface area (Å²) < 4.78 is 11.9. The average molecular weight is 277 g/mol. The van der Waals surface area contributed by atoms with Gasteiger partial charge in [0.25, 0.3) is 0 Å². The summed E-state index contributed by atoms with van der Waals surface area (Å²) in [5.74, 6) is 0. The molecule has 1 aromatic carbocycles. The number of aliphatic hydroxyl groups is 1. The second kappa shape index (κ2) is 5.82. The van der Waals surface area contributed by atoms with E-state index < -0.39 is 6.10 Å². The van der Waals surface area contributed by atoms with Gasteiger partial charge in [-0.15, -0.1) is 0 Å². The fourth-order valence-corrected chi connectivity index (χ4v) is 3.21. The van der Waals surface area contributed by atoms with Crippen molar-refractivity contribution >= 4 is 0 Å². The molecule has 4 nitrogen and oxygen atoms in total. The molecule has 5 atom stereocenters. The van der Waals surface area contributed by atoms with Crippen molar-refractivity contribution in [3.05, 3.63) is 35.4 Å². The minimum atomic E-state index is -0.603. The van der Waals surface area contributed by atoms with Crippen LogP contribution in [0.15, 0.2) is 24.3 Å². The lowest BCUT2D eigenvalue weighted by Gasteiger charge is -2.38. The maximum Gasteiger partial charge on any atom is 0.160 e. The van der Waals surface area contributed by atoms with Gasteiger partial charge in [-0.05, 0) is 37.3 Å². The zero-order valence-electron chi connectivity index (χ0n) is 11.9. The third kappa shape index (κ3) is 2.74. The third-order valence-corrected chi connectivity index (χ3v) is 4.38. The minimum absolute atomic E-state index is 0.0830. The Hall–Kier alpha value is -0.940. The molecule has 1 heterocycles. The Kier molecular flexibility index (Phi) is 4.08. The molecule has 0 spiro atoms. The molecule has 1 fully saturated rings. The van der Waals surface area contributed by atoms with Crippen molar-refractivity contribution in [1.29, 1.82) is 0 Å². The fraction of sp³-hybridized carbons (Fsp3) is 0.625. The summed E-state index contributed by atoms with van der Waals surface area (Å²) in [6.07, 6.45) is 2.71. The standard InChI is InChI=1S/C16H23NO3/c1-10-16(18)13(17)9-15(19-10)20-14-8-4-6-11-5-2-3-7-12(11)14/h2-3,5,7,10,13-16,18H,4,6,8-9,17H2,1H3. The molecule has 3 rings (SSSR count). The van der Waals surface area contributed by atoms with Gasteiger partial charge in [0, 0.05) is 12.5 Å². The van der Waals surface area contributed by atoms with Crippen LogP contribution in [-0.4, -0.2) is 29.6 Å². The molecular weight excluding hydrogens is 254 g/mol. The number of nitrogens with two attached hydrogens (primary N) is 1. The van der Waals surface area contributed by atoms with Gasteiger partial charge in [-0.25, -0.2) is 0 Å². The molecular formula is C16H23NO3. The highest BCUT2D eigenvalue weighted by Crippen LogP contribution is 2.35. The summed E-state index contributed by atoms with van der Waals surface area (Å²) in [5.41, 5.74) is 8.59. The molecule has 5 unspecified atom stereocenters. The number of aryl methyl sites for hydroxylation is 1. The van der Waals surface area contributed by atoms with Crippen LogP contribution in [-0.2, 0) is 15.9 Å². The van der Waals surface area contributed by atoms with E-state index in [1.165, 1.54) is 11.1 Å². The van der Waals surface area contributed by atoms with Gasteiger partial charge >= 0.3 is 0 Å². The van der Waals surface area contributed by atoms with E-state index in [9.17, 15) is 5.11 Å². The van der Waals surface area contributed by atoms with E-state index in [-0.39, 0.29) is 24.5 Å². The number of benzene rings is 1. The predicted octanol–water partition coefficient (Wildman–Crippen LogP) is 1.90. The molecule has 1 aliphatic heterocycles. The Labute approximate surface area is 119 Å². The maximum atomic E-state index is 9.82. The van der Waals surface area contributed by atoms with E-state index >= 15 is 0 Å². The van der Waals surface area contributed by atoms with Crippen LogP contribution >= 0.6 is 0 Å². The Morgan fingerprint density at radius 1 is 1.35 bits per heavy atom. The number of hydrogen-bond donors (Lipinski definition) is 2. The smallest absolute Gasteiger partial charge is 0.160 e. The Balaban J connectivity index is 1.70. The zero-order chi connectivity index (χ0) is 14.1. The largest absolute Gasteiger partial charge is 0.389 e. The van der Waals surface area contributed by atoms with Gasteiger partial charge in [-0.2, -0.15) is 0 Å². The van der Waals surface area contributed by atoms with Gasteiger partial charge < -0.3 is 20.3 Å². The van der Waals surface area contributed by atoms with Gasteiger partial charge in [0.2, 0.25) is 0 Å². The summed E-state index contributed by atoms with van der Waals surface area (Å²) in [4.78, 5) is 0. The first-order valence-corrected chi connectivity index (χ1v) is 7.47. The molecule has 1 saturated heterocycles. The lowest BCUT2D eigenvalue weighted by molar-refractivity contribution is -0.242. The molecule has 1 aliphatic carbocycles. The van der Waals surface area contributed by atoms with Crippen molar-refractivity contribution in [3.63, 3.8) is 0 Å². The van der Waals surface area contributed by atoms with Gasteiger partial charge in [0.15, 0.2) is 6.29 Å². The van der Waals surface area contributed by atoms with Crippen molar-refractivity contribution in [2.75, 3.05) is 0 Å². The first-order valence-electron chi connectivity index (χ1n) is 7.47. The van der Waals surface area contributed by atoms with Crippen molar-refractivity contribution in [1.82, 2.24) is 0 Å². The molecule has 3 N–H and O–H groups in total. The molecule has 4 heteroatoms. The summed E-state index contributed by atoms with van der Waals surface area (Å²) >= 11 is 0. The van der Waals surface area contributed by atoms with E-state index in [0.29, 0.717) is 6.42 Å². The highest BCUT2D eigenvalue weighted by Gasteiger charge is 2.35. The van der Waals surface area contributed by atoms with E-state index in [4.69, 9.17) is 15.2 Å². The number of aliphatic hydroxyl groups excluding tert-OH is 1. The first-order chi connectivity index (χ1) is 9.65. The molecule has 0 bridgehead atoms. The van der Waals surface area contributed by atoms with E-state index in [2.05, 4.69) is 24.3 Å². The van der Waals surface area contributed by atoms with Crippen molar-refractivity contribution in [3.8, 4) is 0 Å². The van der Waals surface area contributed by atoms with Gasteiger partial charge in [0.05, 0.1) is 18.3 Å². The number of rotatable bonds is 2. The van der Waals surface area contributed by atoms with Crippen molar-refractivity contribution in [2.24, 2.45) is 5.73 Å². The predicted molar refractivity (Wildman–Crippen MR) is 76.1 cm³/mol. The van der Waals surface area contributed by atoms with E-state index in [1.54, 1.807) is 0 Å². The van der Waals surface area contributed by atoms with Crippen LogP contribution in [0.3, 0.4) is 0 Å². The zero-order valence-corrected chi connectivity index (χ0v) is 11.9. The van der Waals surface area contributed by atoms with Crippen LogP contribution in [0.25, 0.3) is 0 Å². The van der Waals surface area contributed by atoms with Crippen LogP contribution in [0.4, 0.5) is 0 Å². The summed E-state index contributed by atoms with van der Waals surface area (Å²) in [5, 5.41) is 9.82. The van der Waals surface area contributed by atoms with Crippen LogP contribution in [0.5, 0.6) is 0 Å². The molecule has 0 radical (unpaired) electrons. The third-order valence-electron chi connectivity index (χ3n) is 4.38. The van der Waals surface area contributed by atoms with Gasteiger partial charge in [-0.1, -0.05) is 24.3 Å². The van der Waals surface area contributed by atoms with Crippen molar-refractivity contribution < 1.29 is 14.6 Å². The first kappa shape index (κ1) is 14.0. The Morgan fingerprint density at radius 2 is 2.15 bits per heavy atom. The molecule has 1 aromatic rings. The Bertz CT molecular complexity index is 453. The SMILES string of the molecule is CC1OC(OC2CCCc3ccccc32)CC(N)C1O. The number of hydrogen-bond acceptors (Lipinski definition) is 4. The molecule has 2 aliphatic rings. The molecule has 110 valence electrons. The lowest BCUT2D eigenvalue weighted by Crippen LogP contribution is -2.51. The van der Waals surface area contributed by atoms with E-state index in [1.807, 2.05) is 6.92 Å². The van der Waals surface area contributed by atoms with Crippen LogP contribution in [0, 0.1) is 0 Å². The molecule has 0 saturated carbocycles. The average Bonchev–Trinajstić information content (AvgIpc) is 2.45. The van der Waals surface area contributed by atoms with Crippen LogP contribution in [0.1, 0.15) is 43.4 Å². The maximum absolute atomic E-state index is 9.82. The van der Waals surface area contributed by atoms with Gasteiger partial charge in [-0.3, -0.25) is 0 Å². The van der Waals surface area contributed by atoms with Crippen LogP contribution < -0.4 is 5.73 Å². The lowest BCUT2D eigenvalue weighted by atomic mass is 9.89. The normalized spacial score (nSPS) is 37.5. The van der Waals surface area contributed by atoms with Gasteiger partial charge in [0.1, 0.15) is 0 Å². The summed E-state index contributed by atoms with van der Waals surface area (Å²) in [7, 11) is 0. The van der Waals surface area contributed by atoms with E-state index in [0.717, 1.165) is 19.3 Å². The molecule has 0 amide bonds. The number of fused-ring (bicyclic) bond motifs is 1. The second-order valence-corrected chi connectivity index (χ2v) is 5.88. The quantitative estimate of drug-likeness (QED) is 0.866. The summed E-state index contributed by atoms with van der Waals surface area (Å²) in [6.45, 7) is 1.84. The highest BCUT2D eigenvalue weighted by atomic mass is 16.7. The minimum Gasteiger partial charge on any atom is -0.389 e. The fourth-order valence-electron chi connectivity index (χ4n) is 3.21. The second-order valence-electron chi connectivity index (χ2n) is 5.88. The topological polar surface area (TPSA) is 64.7 Å². The number of ether oxygens (including phenoxy) is 2.